The number of hydrogen-bond acceptors (Lipinski definition) is 5. The summed E-state index contributed by atoms with van der Waals surface area (Å²) >= 11 is 0. The Labute approximate surface area is 165 Å². The quantitative estimate of drug-likeness (QED) is 0.710. The van der Waals surface area contributed by atoms with E-state index in [1.807, 2.05) is 0 Å². The molecule has 8 nitrogen and oxygen atoms in total. The maximum atomic E-state index is 14.3. The number of amides is 2. The molecule has 0 saturated carbocycles. The van der Waals surface area contributed by atoms with Crippen molar-refractivity contribution in [3.05, 3.63) is 71.1 Å². The number of aryl methyl sites for hydroxylation is 2. The first-order valence-corrected chi connectivity index (χ1v) is 8.58. The van der Waals surface area contributed by atoms with Crippen LogP contribution < -0.4 is 5.32 Å². The highest BCUT2D eigenvalue weighted by Gasteiger charge is 2.22. The molecule has 150 valence electrons. The number of halogens is 2. The molecule has 0 aliphatic heterocycles. The molecule has 0 saturated heterocycles. The number of anilines is 1. The second kappa shape index (κ2) is 8.13. The molecule has 2 amide bonds. The third kappa shape index (κ3) is 4.42. The van der Waals surface area contributed by atoms with E-state index in [-0.39, 0.29) is 23.5 Å². The van der Waals surface area contributed by atoms with E-state index in [4.69, 9.17) is 0 Å². The maximum Gasteiger partial charge on any atom is 0.274 e. The molecule has 0 aliphatic carbocycles. The first kappa shape index (κ1) is 20.1. The van der Waals surface area contributed by atoms with Gasteiger partial charge < -0.3 is 14.8 Å². The third-order valence-corrected chi connectivity index (χ3v) is 4.19. The molecule has 1 N–H and O–H groups in total. The van der Waals surface area contributed by atoms with Crippen molar-refractivity contribution in [2.75, 3.05) is 12.4 Å². The van der Waals surface area contributed by atoms with Gasteiger partial charge in [-0.1, -0.05) is 6.07 Å². The predicted molar refractivity (Wildman–Crippen MR) is 100 cm³/mol. The Morgan fingerprint density at radius 1 is 1.21 bits per heavy atom. The summed E-state index contributed by atoms with van der Waals surface area (Å²) in [6.45, 7) is 1.78. The lowest BCUT2D eigenvalue weighted by atomic mass is 10.1. The molecule has 29 heavy (non-hydrogen) atoms. The highest BCUT2D eigenvalue weighted by molar-refractivity contribution is 6.04. The van der Waals surface area contributed by atoms with Crippen molar-refractivity contribution in [2.45, 2.75) is 13.5 Å². The van der Waals surface area contributed by atoms with Gasteiger partial charge in [0.2, 0.25) is 0 Å². The molecule has 0 bridgehead atoms. The van der Waals surface area contributed by atoms with Crippen LogP contribution in [0.5, 0.6) is 0 Å². The summed E-state index contributed by atoms with van der Waals surface area (Å²) in [4.78, 5) is 30.2. The second-order valence-electron chi connectivity index (χ2n) is 6.45. The highest BCUT2D eigenvalue weighted by Crippen LogP contribution is 2.22. The van der Waals surface area contributed by atoms with Gasteiger partial charge in [-0.3, -0.25) is 9.59 Å². The molecule has 10 heteroatoms. The fourth-order valence-electron chi connectivity index (χ4n) is 2.60. The number of nitrogens with zero attached hydrogens (tertiary/aromatic N) is 5. The van der Waals surface area contributed by atoms with Gasteiger partial charge in [0.15, 0.2) is 5.82 Å². The number of benzene rings is 1. The SMILES string of the molecule is Cc1cccc(C(=O)Nc2cc(C(=O)N(C)Cc3nncn3C)c(F)cc2F)n1. The van der Waals surface area contributed by atoms with Gasteiger partial charge in [0.1, 0.15) is 23.7 Å². The summed E-state index contributed by atoms with van der Waals surface area (Å²) in [5.74, 6) is -2.93. The average molecular weight is 400 g/mol. The van der Waals surface area contributed by atoms with E-state index in [9.17, 15) is 18.4 Å². The van der Waals surface area contributed by atoms with Crippen LogP contribution >= 0.6 is 0 Å². The summed E-state index contributed by atoms with van der Waals surface area (Å²) < 4.78 is 30.1. The minimum atomic E-state index is -1.04. The van der Waals surface area contributed by atoms with Gasteiger partial charge in [-0.15, -0.1) is 10.2 Å². The lowest BCUT2D eigenvalue weighted by molar-refractivity contribution is 0.0775. The molecule has 0 aliphatic rings. The summed E-state index contributed by atoms with van der Waals surface area (Å²) in [7, 11) is 3.16. The zero-order valence-corrected chi connectivity index (χ0v) is 16.0. The number of nitrogens with one attached hydrogen (secondary N) is 1. The lowest BCUT2D eigenvalue weighted by Gasteiger charge is -2.18. The van der Waals surface area contributed by atoms with E-state index in [0.717, 1.165) is 6.07 Å². The van der Waals surface area contributed by atoms with Crippen molar-refractivity contribution < 1.29 is 18.4 Å². The molecule has 3 aromatic rings. The number of carbonyl (C=O) groups is 2. The number of aromatic nitrogens is 4. The Hall–Kier alpha value is -3.69. The summed E-state index contributed by atoms with van der Waals surface area (Å²) in [5, 5.41) is 9.91. The summed E-state index contributed by atoms with van der Waals surface area (Å²) in [6.07, 6.45) is 1.47. The fraction of sp³-hybridized carbons (Fsp3) is 0.211. The minimum absolute atomic E-state index is 0.0704. The molecule has 0 spiro atoms. The summed E-state index contributed by atoms with van der Waals surface area (Å²) in [5.41, 5.74) is -0.0295. The Morgan fingerprint density at radius 3 is 2.62 bits per heavy atom. The van der Waals surface area contributed by atoms with Gasteiger partial charge >= 0.3 is 0 Å². The molecule has 3 rings (SSSR count). The molecule has 0 radical (unpaired) electrons. The number of pyridine rings is 1. The van der Waals surface area contributed by atoms with E-state index < -0.39 is 23.4 Å². The smallest absolute Gasteiger partial charge is 0.274 e. The first-order chi connectivity index (χ1) is 13.8. The van der Waals surface area contributed by atoms with Crippen LogP contribution in [0.3, 0.4) is 0 Å². The number of rotatable bonds is 5. The standard InChI is InChI=1S/C19H18F2N6O2/c1-11-5-4-6-15(23-11)18(28)24-16-7-12(13(20)8-14(16)21)19(29)26(2)9-17-25-22-10-27(17)3/h4-8,10H,9H2,1-3H3,(H,24,28). The topological polar surface area (TPSA) is 93.0 Å². The molecule has 2 aromatic heterocycles. The van der Waals surface area contributed by atoms with Crippen molar-refractivity contribution in [3.63, 3.8) is 0 Å². The van der Waals surface area contributed by atoms with Gasteiger partial charge in [0.05, 0.1) is 17.8 Å². The minimum Gasteiger partial charge on any atom is -0.334 e. The van der Waals surface area contributed by atoms with Gasteiger partial charge in [0, 0.05) is 25.9 Å². The fourth-order valence-corrected chi connectivity index (χ4v) is 2.60. The zero-order valence-electron chi connectivity index (χ0n) is 16.0. The van der Waals surface area contributed by atoms with E-state index in [1.54, 1.807) is 30.7 Å². The Kier molecular flexibility index (Phi) is 5.62. The molecule has 0 unspecified atom stereocenters. The van der Waals surface area contributed by atoms with Crippen molar-refractivity contribution in [1.29, 1.82) is 0 Å². The number of carbonyl (C=O) groups excluding carboxylic acids is 2. The van der Waals surface area contributed by atoms with E-state index in [2.05, 4.69) is 20.5 Å². The molecule has 1 aromatic carbocycles. The number of hydrogen-bond donors (Lipinski definition) is 1. The largest absolute Gasteiger partial charge is 0.334 e. The van der Waals surface area contributed by atoms with Crippen LogP contribution in [0.2, 0.25) is 0 Å². The second-order valence-corrected chi connectivity index (χ2v) is 6.45. The van der Waals surface area contributed by atoms with Crippen LogP contribution in [0.4, 0.5) is 14.5 Å². The summed E-state index contributed by atoms with van der Waals surface area (Å²) in [6, 6.07) is 6.33. The third-order valence-electron chi connectivity index (χ3n) is 4.19. The zero-order chi connectivity index (χ0) is 21.1. The van der Waals surface area contributed by atoms with Crippen LogP contribution in [0.1, 0.15) is 32.4 Å². The van der Waals surface area contributed by atoms with Crippen molar-refractivity contribution in [2.24, 2.45) is 7.05 Å². The van der Waals surface area contributed by atoms with Gasteiger partial charge in [0.25, 0.3) is 11.8 Å². The Balaban J connectivity index is 1.84. The van der Waals surface area contributed by atoms with Gasteiger partial charge in [-0.2, -0.15) is 0 Å². The van der Waals surface area contributed by atoms with Crippen LogP contribution in [0, 0.1) is 18.6 Å². The van der Waals surface area contributed by atoms with E-state index in [0.29, 0.717) is 17.6 Å². The predicted octanol–water partition coefficient (Wildman–Crippen LogP) is 2.32. The molecular formula is C19H18F2N6O2. The molecule has 0 fully saturated rings. The van der Waals surface area contributed by atoms with Crippen LogP contribution in [0.15, 0.2) is 36.7 Å². The van der Waals surface area contributed by atoms with Crippen LogP contribution in [-0.2, 0) is 13.6 Å². The van der Waals surface area contributed by atoms with Crippen LogP contribution in [-0.4, -0.2) is 43.5 Å². The maximum absolute atomic E-state index is 14.3. The van der Waals surface area contributed by atoms with Crippen LogP contribution in [0.25, 0.3) is 0 Å². The first-order valence-electron chi connectivity index (χ1n) is 8.58. The van der Waals surface area contributed by atoms with Gasteiger partial charge in [-0.25, -0.2) is 13.8 Å². The van der Waals surface area contributed by atoms with Crippen molar-refractivity contribution in [3.8, 4) is 0 Å². The monoisotopic (exact) mass is 400 g/mol. The normalized spacial score (nSPS) is 10.7. The Morgan fingerprint density at radius 2 is 1.97 bits per heavy atom. The van der Waals surface area contributed by atoms with E-state index >= 15 is 0 Å². The Bertz CT molecular complexity index is 1080. The lowest BCUT2D eigenvalue weighted by Crippen LogP contribution is -2.28. The van der Waals surface area contributed by atoms with Crippen molar-refractivity contribution >= 4 is 17.5 Å². The molecular weight excluding hydrogens is 382 g/mol. The van der Waals surface area contributed by atoms with Gasteiger partial charge in [-0.05, 0) is 25.1 Å². The van der Waals surface area contributed by atoms with Crippen molar-refractivity contribution in [1.82, 2.24) is 24.6 Å². The molecule has 2 heterocycles. The van der Waals surface area contributed by atoms with E-state index in [1.165, 1.54) is 24.3 Å². The highest BCUT2D eigenvalue weighted by atomic mass is 19.1. The molecule has 0 atom stereocenters. The average Bonchev–Trinajstić information content (AvgIpc) is 3.07.